The predicted molar refractivity (Wildman–Crippen MR) is 127 cm³/mol. The van der Waals surface area contributed by atoms with E-state index in [1.54, 1.807) is 11.3 Å². The molecule has 1 saturated heterocycles. The topological polar surface area (TPSA) is 39.6 Å². The maximum atomic E-state index is 9.72. The van der Waals surface area contributed by atoms with E-state index in [-0.39, 0.29) is 18.5 Å². The van der Waals surface area contributed by atoms with Crippen molar-refractivity contribution >= 4 is 39.6 Å². The second-order valence-electron chi connectivity index (χ2n) is 7.63. The molecule has 4 rings (SSSR count). The smallest absolute Gasteiger partial charge is 0.138 e. The van der Waals surface area contributed by atoms with Crippen LogP contribution in [0.5, 0.6) is 0 Å². The number of thiophene rings is 1. The Balaban J connectivity index is 0.00000240. The zero-order valence-corrected chi connectivity index (χ0v) is 18.8. The number of rotatable bonds is 6. The van der Waals surface area contributed by atoms with E-state index in [0.29, 0.717) is 0 Å². The first-order chi connectivity index (χ1) is 13.7. The van der Waals surface area contributed by atoms with Gasteiger partial charge in [-0.2, -0.15) is 0 Å². The second kappa shape index (κ2) is 9.90. The van der Waals surface area contributed by atoms with Crippen LogP contribution < -0.4 is 4.90 Å². The first-order valence-electron chi connectivity index (χ1n) is 10.3. The first-order valence-corrected chi connectivity index (χ1v) is 11.2. The molecule has 1 unspecified atom stereocenters. The minimum atomic E-state index is -0.286. The number of aliphatic hydroxyl groups is 1. The maximum Gasteiger partial charge on any atom is 0.138 e. The van der Waals surface area contributed by atoms with E-state index in [1.165, 1.54) is 21.2 Å². The molecule has 0 bridgehead atoms. The number of aromatic nitrogens is 1. The van der Waals surface area contributed by atoms with Crippen molar-refractivity contribution in [2.75, 3.05) is 37.6 Å². The maximum absolute atomic E-state index is 9.72. The molecule has 29 heavy (non-hydrogen) atoms. The van der Waals surface area contributed by atoms with E-state index in [2.05, 4.69) is 58.5 Å². The SMILES string of the molecule is CCN1CCN(c2nc(-c3ccccc3CCC(C)O)cc3sccc23)CC1.Cl. The van der Waals surface area contributed by atoms with Gasteiger partial charge in [0.05, 0.1) is 11.8 Å². The van der Waals surface area contributed by atoms with E-state index in [4.69, 9.17) is 4.98 Å². The van der Waals surface area contributed by atoms with Crippen molar-refractivity contribution in [3.05, 3.63) is 47.3 Å². The Morgan fingerprint density at radius 2 is 1.90 bits per heavy atom. The molecule has 0 aliphatic carbocycles. The van der Waals surface area contributed by atoms with Crippen molar-refractivity contribution < 1.29 is 5.11 Å². The third-order valence-corrected chi connectivity index (χ3v) is 6.54. The summed E-state index contributed by atoms with van der Waals surface area (Å²) in [4.78, 5) is 10.1. The molecule has 0 amide bonds. The van der Waals surface area contributed by atoms with Gasteiger partial charge in [0.1, 0.15) is 5.82 Å². The average Bonchev–Trinajstić information content (AvgIpc) is 3.20. The summed E-state index contributed by atoms with van der Waals surface area (Å²) in [7, 11) is 0. The number of nitrogens with zero attached hydrogens (tertiary/aromatic N) is 3. The van der Waals surface area contributed by atoms with Gasteiger partial charge in [0.25, 0.3) is 0 Å². The summed E-state index contributed by atoms with van der Waals surface area (Å²) in [5.74, 6) is 1.12. The van der Waals surface area contributed by atoms with Gasteiger partial charge in [-0.15, -0.1) is 23.7 Å². The summed E-state index contributed by atoms with van der Waals surface area (Å²) in [6, 6.07) is 12.9. The van der Waals surface area contributed by atoms with Gasteiger partial charge in [0, 0.05) is 41.8 Å². The molecule has 4 nitrogen and oxygen atoms in total. The van der Waals surface area contributed by atoms with Crippen LogP contribution >= 0.6 is 23.7 Å². The van der Waals surface area contributed by atoms with Crippen LogP contribution in [0, 0.1) is 0 Å². The number of halogens is 1. The summed E-state index contributed by atoms with van der Waals surface area (Å²) >= 11 is 1.79. The van der Waals surface area contributed by atoms with Crippen LogP contribution in [0.4, 0.5) is 5.82 Å². The standard InChI is InChI=1S/C23H29N3OS.ClH/c1-3-25-11-13-26(14-12-25)23-20-10-15-28-22(20)16-21(24-23)19-7-5-4-6-18(19)9-8-17(2)27;/h4-7,10,15-17,27H,3,8-9,11-14H2,1-2H3;1H. The van der Waals surface area contributed by atoms with Crippen LogP contribution in [0.2, 0.25) is 0 Å². The molecule has 1 aromatic carbocycles. The molecule has 1 N–H and O–H groups in total. The minimum absolute atomic E-state index is 0. The molecule has 0 radical (unpaired) electrons. The number of piperazine rings is 1. The quantitative estimate of drug-likeness (QED) is 0.606. The Bertz CT molecular complexity index is 935. The Morgan fingerprint density at radius 3 is 2.62 bits per heavy atom. The highest BCUT2D eigenvalue weighted by atomic mass is 35.5. The monoisotopic (exact) mass is 431 g/mol. The van der Waals surface area contributed by atoms with Crippen LogP contribution in [0.3, 0.4) is 0 Å². The summed E-state index contributed by atoms with van der Waals surface area (Å²) in [5, 5.41) is 13.2. The van der Waals surface area contributed by atoms with Crippen LogP contribution in [0.25, 0.3) is 21.3 Å². The van der Waals surface area contributed by atoms with Crippen molar-refractivity contribution in [3.63, 3.8) is 0 Å². The highest BCUT2D eigenvalue weighted by Crippen LogP contribution is 2.35. The largest absolute Gasteiger partial charge is 0.393 e. The van der Waals surface area contributed by atoms with Crippen molar-refractivity contribution in [2.45, 2.75) is 32.8 Å². The summed E-state index contributed by atoms with van der Waals surface area (Å²) in [5.41, 5.74) is 3.49. The van der Waals surface area contributed by atoms with E-state index >= 15 is 0 Å². The van der Waals surface area contributed by atoms with E-state index < -0.39 is 0 Å². The van der Waals surface area contributed by atoms with Crippen molar-refractivity contribution in [2.24, 2.45) is 0 Å². The van der Waals surface area contributed by atoms with Gasteiger partial charge in [0.2, 0.25) is 0 Å². The van der Waals surface area contributed by atoms with Crippen molar-refractivity contribution in [1.29, 1.82) is 0 Å². The molecule has 1 aliphatic heterocycles. The number of anilines is 1. The third kappa shape index (κ3) is 4.92. The fourth-order valence-corrected chi connectivity index (χ4v) is 4.77. The average molecular weight is 432 g/mol. The van der Waals surface area contributed by atoms with Gasteiger partial charge in [-0.05, 0) is 49.4 Å². The molecule has 156 valence electrons. The Morgan fingerprint density at radius 1 is 1.14 bits per heavy atom. The minimum Gasteiger partial charge on any atom is -0.393 e. The molecule has 1 atom stereocenters. The molecule has 6 heteroatoms. The lowest BCUT2D eigenvalue weighted by Crippen LogP contribution is -2.46. The molecular formula is C23H30ClN3OS. The fraction of sp³-hybridized carbons (Fsp3) is 0.435. The zero-order valence-electron chi connectivity index (χ0n) is 17.2. The van der Waals surface area contributed by atoms with E-state index in [1.807, 2.05) is 6.92 Å². The number of fused-ring (bicyclic) bond motifs is 1. The number of likely N-dealkylation sites (N-methyl/N-ethyl adjacent to an activating group) is 1. The molecule has 1 aliphatic rings. The molecular weight excluding hydrogens is 402 g/mol. The van der Waals surface area contributed by atoms with Gasteiger partial charge >= 0.3 is 0 Å². The van der Waals surface area contributed by atoms with Crippen LogP contribution in [0.15, 0.2) is 41.8 Å². The molecule has 1 fully saturated rings. The number of hydrogen-bond acceptors (Lipinski definition) is 5. The lowest BCUT2D eigenvalue weighted by Gasteiger charge is -2.35. The molecule has 0 saturated carbocycles. The van der Waals surface area contributed by atoms with E-state index in [0.717, 1.165) is 57.1 Å². The lowest BCUT2D eigenvalue weighted by molar-refractivity contribution is 0.185. The molecule has 2 aromatic heterocycles. The summed E-state index contributed by atoms with van der Waals surface area (Å²) in [6.45, 7) is 9.45. The van der Waals surface area contributed by atoms with Gasteiger partial charge < -0.3 is 14.9 Å². The van der Waals surface area contributed by atoms with Crippen LogP contribution in [-0.4, -0.2) is 53.8 Å². The van der Waals surface area contributed by atoms with Crippen molar-refractivity contribution in [3.8, 4) is 11.3 Å². The highest BCUT2D eigenvalue weighted by Gasteiger charge is 2.20. The Labute approximate surface area is 183 Å². The number of benzene rings is 1. The van der Waals surface area contributed by atoms with Gasteiger partial charge in [0.15, 0.2) is 0 Å². The second-order valence-corrected chi connectivity index (χ2v) is 8.58. The number of hydrogen-bond donors (Lipinski definition) is 1. The highest BCUT2D eigenvalue weighted by molar-refractivity contribution is 7.17. The normalized spacial score (nSPS) is 16.0. The van der Waals surface area contributed by atoms with Gasteiger partial charge in [-0.25, -0.2) is 4.98 Å². The summed E-state index contributed by atoms with van der Waals surface area (Å²) < 4.78 is 1.29. The first kappa shape index (κ1) is 22.0. The Hall–Kier alpha value is -1.66. The zero-order chi connectivity index (χ0) is 19.5. The van der Waals surface area contributed by atoms with Crippen LogP contribution in [-0.2, 0) is 6.42 Å². The number of aliphatic hydroxyl groups excluding tert-OH is 1. The Kier molecular flexibility index (Phi) is 7.52. The van der Waals surface area contributed by atoms with Crippen LogP contribution in [0.1, 0.15) is 25.8 Å². The fourth-order valence-electron chi connectivity index (χ4n) is 3.96. The molecule has 0 spiro atoms. The molecule has 3 aromatic rings. The summed E-state index contributed by atoms with van der Waals surface area (Å²) in [6.07, 6.45) is 1.35. The molecule has 3 heterocycles. The number of aryl methyl sites for hydroxylation is 1. The third-order valence-electron chi connectivity index (χ3n) is 5.67. The van der Waals surface area contributed by atoms with Gasteiger partial charge in [-0.1, -0.05) is 31.2 Å². The predicted octanol–water partition coefficient (Wildman–Crippen LogP) is 4.84. The van der Waals surface area contributed by atoms with E-state index in [9.17, 15) is 5.11 Å². The lowest BCUT2D eigenvalue weighted by atomic mass is 9.98. The van der Waals surface area contributed by atoms with Crippen molar-refractivity contribution in [1.82, 2.24) is 9.88 Å². The number of pyridine rings is 1. The van der Waals surface area contributed by atoms with Gasteiger partial charge in [-0.3, -0.25) is 0 Å².